The summed E-state index contributed by atoms with van der Waals surface area (Å²) in [6.07, 6.45) is 5.18. The first kappa shape index (κ1) is 18.2. The molecule has 0 radical (unpaired) electrons. The van der Waals surface area contributed by atoms with Crippen molar-refractivity contribution in [3.63, 3.8) is 0 Å². The predicted octanol–water partition coefficient (Wildman–Crippen LogP) is 3.03. The van der Waals surface area contributed by atoms with E-state index >= 15 is 0 Å². The first-order chi connectivity index (χ1) is 12.6. The summed E-state index contributed by atoms with van der Waals surface area (Å²) in [5.41, 5.74) is 0.700. The molecule has 3 rings (SSSR count). The number of hydrogen-bond acceptors (Lipinski definition) is 5. The maximum absolute atomic E-state index is 12.9. The normalized spacial score (nSPS) is 20.0. The lowest BCUT2D eigenvalue weighted by atomic mass is 9.86. The highest BCUT2D eigenvalue weighted by Crippen LogP contribution is 2.28. The van der Waals surface area contributed by atoms with Gasteiger partial charge in [-0.15, -0.1) is 0 Å². The van der Waals surface area contributed by atoms with Crippen LogP contribution in [0.5, 0.6) is 5.75 Å². The van der Waals surface area contributed by atoms with E-state index in [0.29, 0.717) is 42.5 Å². The third-order valence-corrected chi connectivity index (χ3v) is 5.18. The average Bonchev–Trinajstić information content (AvgIpc) is 2.65. The molecule has 1 atom stereocenters. The van der Waals surface area contributed by atoms with Crippen LogP contribution in [0.1, 0.15) is 52.8 Å². The highest BCUT2D eigenvalue weighted by molar-refractivity contribution is 5.98. The van der Waals surface area contributed by atoms with Gasteiger partial charge in [0.2, 0.25) is 0 Å². The number of amides is 1. The fraction of sp³-hybridized carbons (Fsp3) is 0.550. The number of carbonyl (C=O) groups excluding carboxylic acids is 2. The lowest BCUT2D eigenvalue weighted by Crippen LogP contribution is -2.39. The monoisotopic (exact) mass is 356 g/mol. The molecule has 138 valence electrons. The van der Waals surface area contributed by atoms with Crippen LogP contribution in [-0.2, 0) is 4.74 Å². The number of esters is 1. The molecule has 0 N–H and O–H groups in total. The van der Waals surface area contributed by atoms with E-state index in [1.807, 2.05) is 0 Å². The van der Waals surface area contributed by atoms with E-state index < -0.39 is 5.97 Å². The number of piperidine rings is 1. The van der Waals surface area contributed by atoms with Gasteiger partial charge in [-0.25, -0.2) is 4.79 Å². The third-order valence-electron chi connectivity index (χ3n) is 5.18. The molecule has 6 nitrogen and oxygen atoms in total. The molecule has 1 aromatic rings. The number of hydrogen-bond donors (Lipinski definition) is 0. The number of carbonyl (C=O) groups is 2. The minimum absolute atomic E-state index is 0.133. The largest absolute Gasteiger partial charge is 0.493 e. The van der Waals surface area contributed by atoms with Crippen molar-refractivity contribution in [1.82, 2.24) is 4.90 Å². The first-order valence-electron chi connectivity index (χ1n) is 9.16. The molecule has 0 spiro atoms. The summed E-state index contributed by atoms with van der Waals surface area (Å²) in [5.74, 6) is 0.253. The Bertz CT molecular complexity index is 721. The van der Waals surface area contributed by atoms with Crippen molar-refractivity contribution in [3.8, 4) is 11.8 Å². The van der Waals surface area contributed by atoms with Crippen LogP contribution in [0.3, 0.4) is 0 Å². The minimum atomic E-state index is -0.498. The number of benzene rings is 1. The van der Waals surface area contributed by atoms with Gasteiger partial charge in [0.25, 0.3) is 5.91 Å². The van der Waals surface area contributed by atoms with Gasteiger partial charge in [-0.3, -0.25) is 4.79 Å². The highest BCUT2D eigenvalue weighted by Gasteiger charge is 2.26. The smallest absolute Gasteiger partial charge is 0.338 e. The summed E-state index contributed by atoms with van der Waals surface area (Å²) >= 11 is 0. The molecule has 1 aromatic carbocycles. The minimum Gasteiger partial charge on any atom is -0.493 e. The van der Waals surface area contributed by atoms with Gasteiger partial charge in [-0.1, -0.05) is 6.42 Å². The molecule has 1 aliphatic carbocycles. The molecule has 1 saturated heterocycles. The van der Waals surface area contributed by atoms with Crippen molar-refractivity contribution < 1.29 is 19.1 Å². The standard InChI is InChI=1S/C20H24N2O4/c1-25-20(24)17-8-16(9-18(10-17)26-13-14-4-2-5-14)19(23)22-7-3-6-15(11-21)12-22/h8-10,14-15H,2-7,12-13H2,1H3/t15-/m1/s1. The topological polar surface area (TPSA) is 79.6 Å². The number of ether oxygens (including phenoxy) is 2. The Morgan fingerprint density at radius 2 is 1.96 bits per heavy atom. The molecule has 1 heterocycles. The Kier molecular flexibility index (Phi) is 5.77. The Labute approximate surface area is 153 Å². The van der Waals surface area contributed by atoms with E-state index in [9.17, 15) is 9.59 Å². The number of rotatable bonds is 5. The first-order valence-corrected chi connectivity index (χ1v) is 9.16. The van der Waals surface area contributed by atoms with Crippen molar-refractivity contribution in [2.45, 2.75) is 32.1 Å². The van der Waals surface area contributed by atoms with Crippen LogP contribution in [0.15, 0.2) is 18.2 Å². The number of nitriles is 1. The second-order valence-electron chi connectivity index (χ2n) is 7.06. The molecular weight excluding hydrogens is 332 g/mol. The zero-order valence-electron chi connectivity index (χ0n) is 15.1. The fourth-order valence-corrected chi connectivity index (χ4v) is 3.36. The van der Waals surface area contributed by atoms with Crippen LogP contribution in [0.4, 0.5) is 0 Å². The lowest BCUT2D eigenvalue weighted by Gasteiger charge is -2.30. The molecule has 2 fully saturated rings. The Hall–Kier alpha value is -2.55. The number of methoxy groups -OCH3 is 1. The molecule has 6 heteroatoms. The summed E-state index contributed by atoms with van der Waals surface area (Å²) in [5, 5.41) is 9.14. The zero-order valence-corrected chi connectivity index (χ0v) is 15.1. The lowest BCUT2D eigenvalue weighted by molar-refractivity contribution is 0.0600. The molecule has 1 amide bonds. The van der Waals surface area contributed by atoms with Crippen LogP contribution in [0, 0.1) is 23.2 Å². The molecule has 0 aromatic heterocycles. The van der Waals surface area contributed by atoms with Gasteiger partial charge in [-0.2, -0.15) is 5.26 Å². The Balaban J connectivity index is 1.80. The summed E-state index contributed by atoms with van der Waals surface area (Å²) in [6.45, 7) is 1.65. The highest BCUT2D eigenvalue weighted by atomic mass is 16.5. The van der Waals surface area contributed by atoms with Gasteiger partial charge in [0.15, 0.2) is 0 Å². The maximum atomic E-state index is 12.9. The van der Waals surface area contributed by atoms with Crippen LogP contribution in [0.2, 0.25) is 0 Å². The van der Waals surface area contributed by atoms with E-state index in [0.717, 1.165) is 25.7 Å². The second kappa shape index (κ2) is 8.22. The number of likely N-dealkylation sites (tertiary alicyclic amines) is 1. The van der Waals surface area contributed by atoms with E-state index in [1.165, 1.54) is 13.5 Å². The molecule has 0 bridgehead atoms. The molecule has 0 unspecified atom stereocenters. The summed E-state index contributed by atoms with van der Waals surface area (Å²) in [7, 11) is 1.31. The van der Waals surface area contributed by atoms with Crippen molar-refractivity contribution in [2.24, 2.45) is 11.8 Å². The molecular formula is C20H24N2O4. The van der Waals surface area contributed by atoms with Gasteiger partial charge in [0.1, 0.15) is 5.75 Å². The van der Waals surface area contributed by atoms with Crippen molar-refractivity contribution in [2.75, 3.05) is 26.8 Å². The fourth-order valence-electron chi connectivity index (χ4n) is 3.36. The quantitative estimate of drug-likeness (QED) is 0.758. The van der Waals surface area contributed by atoms with Gasteiger partial charge in [0, 0.05) is 18.7 Å². The molecule has 1 aliphatic heterocycles. The molecule has 1 saturated carbocycles. The van der Waals surface area contributed by atoms with Crippen LogP contribution in [-0.4, -0.2) is 43.6 Å². The Morgan fingerprint density at radius 3 is 2.62 bits per heavy atom. The van der Waals surface area contributed by atoms with Gasteiger partial charge >= 0.3 is 5.97 Å². The van der Waals surface area contributed by atoms with Crippen LogP contribution in [0.25, 0.3) is 0 Å². The van der Waals surface area contributed by atoms with Crippen LogP contribution < -0.4 is 4.74 Å². The zero-order chi connectivity index (χ0) is 18.5. The Morgan fingerprint density at radius 1 is 1.19 bits per heavy atom. The van der Waals surface area contributed by atoms with Gasteiger partial charge in [-0.05, 0) is 49.8 Å². The second-order valence-corrected chi connectivity index (χ2v) is 7.06. The summed E-state index contributed by atoms with van der Waals surface area (Å²) in [4.78, 5) is 26.5. The van der Waals surface area contributed by atoms with Crippen molar-refractivity contribution >= 4 is 11.9 Å². The molecule has 2 aliphatic rings. The van der Waals surface area contributed by atoms with Crippen molar-refractivity contribution in [1.29, 1.82) is 5.26 Å². The van der Waals surface area contributed by atoms with Gasteiger partial charge in [0.05, 0.1) is 31.3 Å². The molecule has 26 heavy (non-hydrogen) atoms. The third kappa shape index (κ3) is 4.16. The summed E-state index contributed by atoms with van der Waals surface area (Å²) in [6, 6.07) is 7.09. The number of nitrogens with zero attached hydrogens (tertiary/aromatic N) is 2. The summed E-state index contributed by atoms with van der Waals surface area (Å²) < 4.78 is 10.6. The van der Waals surface area contributed by atoms with E-state index in [2.05, 4.69) is 6.07 Å². The van der Waals surface area contributed by atoms with Crippen molar-refractivity contribution in [3.05, 3.63) is 29.3 Å². The van der Waals surface area contributed by atoms with Crippen LogP contribution >= 0.6 is 0 Å². The van der Waals surface area contributed by atoms with E-state index in [-0.39, 0.29) is 11.8 Å². The maximum Gasteiger partial charge on any atom is 0.338 e. The predicted molar refractivity (Wildman–Crippen MR) is 94.9 cm³/mol. The van der Waals surface area contributed by atoms with E-state index in [1.54, 1.807) is 23.1 Å². The SMILES string of the molecule is COC(=O)c1cc(OCC2CCC2)cc(C(=O)N2CCC[C@H](C#N)C2)c1. The average molecular weight is 356 g/mol. The van der Waals surface area contributed by atoms with E-state index in [4.69, 9.17) is 14.7 Å². The van der Waals surface area contributed by atoms with Gasteiger partial charge < -0.3 is 14.4 Å².